The van der Waals surface area contributed by atoms with E-state index in [2.05, 4.69) is 15.5 Å². The Kier molecular flexibility index (Phi) is 5.43. The molecule has 2 aromatic rings. The molecule has 0 fully saturated rings. The number of nitrogens with zero attached hydrogens (tertiary/aromatic N) is 2. The van der Waals surface area contributed by atoms with Crippen LogP contribution in [0.1, 0.15) is 17.7 Å². The Hall–Kier alpha value is -2.40. The minimum atomic E-state index is -0.553. The van der Waals surface area contributed by atoms with E-state index in [1.54, 1.807) is 6.20 Å². The van der Waals surface area contributed by atoms with Crippen molar-refractivity contribution in [2.45, 2.75) is 25.4 Å². The van der Waals surface area contributed by atoms with E-state index in [9.17, 15) is 4.79 Å². The van der Waals surface area contributed by atoms with Crippen LogP contribution >= 0.6 is 11.6 Å². The van der Waals surface area contributed by atoms with E-state index < -0.39 is 6.10 Å². The maximum absolute atomic E-state index is 12.1. The van der Waals surface area contributed by atoms with Gasteiger partial charge in [-0.05, 0) is 29.8 Å². The Morgan fingerprint density at radius 3 is 3.00 bits per heavy atom. The summed E-state index contributed by atoms with van der Waals surface area (Å²) in [6.07, 6.45) is 3.02. The lowest BCUT2D eigenvalue weighted by Crippen LogP contribution is -2.36. The molecule has 1 atom stereocenters. The van der Waals surface area contributed by atoms with Gasteiger partial charge in [0.1, 0.15) is 0 Å². The van der Waals surface area contributed by atoms with E-state index in [4.69, 9.17) is 16.4 Å². The second-order valence-corrected chi connectivity index (χ2v) is 6.06. The van der Waals surface area contributed by atoms with Crippen molar-refractivity contribution < 1.29 is 9.63 Å². The molecular formula is C18H18ClN3O2. The third-order valence-electron chi connectivity index (χ3n) is 3.73. The molecule has 24 heavy (non-hydrogen) atoms. The second kappa shape index (κ2) is 7.93. The molecule has 2 heterocycles. The van der Waals surface area contributed by atoms with Crippen LogP contribution in [0, 0.1) is 0 Å². The highest BCUT2D eigenvalue weighted by molar-refractivity contribution is 6.30. The van der Waals surface area contributed by atoms with Crippen molar-refractivity contribution in [2.24, 2.45) is 5.16 Å². The number of oxime groups is 1. The number of pyridine rings is 1. The zero-order valence-corrected chi connectivity index (χ0v) is 13.9. The van der Waals surface area contributed by atoms with E-state index in [1.807, 2.05) is 42.5 Å². The Balaban J connectivity index is 1.43. The summed E-state index contributed by atoms with van der Waals surface area (Å²) in [5, 5.41) is 7.59. The predicted molar refractivity (Wildman–Crippen MR) is 93.0 cm³/mol. The normalized spacial score (nSPS) is 16.4. The third-order valence-corrected chi connectivity index (χ3v) is 3.96. The first-order valence-corrected chi connectivity index (χ1v) is 8.22. The predicted octanol–water partition coefficient (Wildman–Crippen LogP) is 2.78. The van der Waals surface area contributed by atoms with Gasteiger partial charge in [0.05, 0.1) is 5.71 Å². The van der Waals surface area contributed by atoms with Crippen LogP contribution in [-0.2, 0) is 22.5 Å². The standard InChI is InChI=1S/C18H18ClN3O2/c19-14-5-3-4-13(10-14)11-16-12-17(24-22-16)18(23)21-9-7-15-6-1-2-8-20-15/h1-6,8,10,17H,7,9,11-12H2,(H,21,23)/t17-/m1/s1. The van der Waals surface area contributed by atoms with E-state index in [0.29, 0.717) is 30.8 Å². The van der Waals surface area contributed by atoms with E-state index in [-0.39, 0.29) is 5.91 Å². The molecular weight excluding hydrogens is 326 g/mol. The number of aromatic nitrogens is 1. The molecule has 1 aromatic heterocycles. The number of hydrogen-bond acceptors (Lipinski definition) is 4. The van der Waals surface area contributed by atoms with E-state index in [0.717, 1.165) is 17.0 Å². The lowest BCUT2D eigenvalue weighted by molar-refractivity contribution is -0.131. The van der Waals surface area contributed by atoms with Crippen LogP contribution in [0.2, 0.25) is 5.02 Å². The highest BCUT2D eigenvalue weighted by atomic mass is 35.5. The fourth-order valence-electron chi connectivity index (χ4n) is 2.53. The van der Waals surface area contributed by atoms with Crippen molar-refractivity contribution in [1.29, 1.82) is 0 Å². The van der Waals surface area contributed by atoms with Gasteiger partial charge in [-0.25, -0.2) is 0 Å². The number of carbonyl (C=O) groups is 1. The molecule has 1 aliphatic heterocycles. The van der Waals surface area contributed by atoms with Crippen molar-refractivity contribution in [3.63, 3.8) is 0 Å². The minimum absolute atomic E-state index is 0.143. The molecule has 0 saturated heterocycles. The number of carbonyl (C=O) groups excluding carboxylic acids is 1. The molecule has 0 radical (unpaired) electrons. The van der Waals surface area contributed by atoms with Crippen molar-refractivity contribution in [3.8, 4) is 0 Å². The van der Waals surface area contributed by atoms with E-state index >= 15 is 0 Å². The van der Waals surface area contributed by atoms with Gasteiger partial charge in [-0.3, -0.25) is 9.78 Å². The number of rotatable bonds is 6. The van der Waals surface area contributed by atoms with Gasteiger partial charge in [-0.2, -0.15) is 0 Å². The fraction of sp³-hybridized carbons (Fsp3) is 0.278. The summed E-state index contributed by atoms with van der Waals surface area (Å²) in [5.74, 6) is -0.143. The topological polar surface area (TPSA) is 63.6 Å². The summed E-state index contributed by atoms with van der Waals surface area (Å²) < 4.78 is 0. The van der Waals surface area contributed by atoms with Crippen LogP contribution in [0.15, 0.2) is 53.8 Å². The molecule has 3 rings (SSSR count). The Bertz CT molecular complexity index is 734. The van der Waals surface area contributed by atoms with Crippen LogP contribution in [0.3, 0.4) is 0 Å². The monoisotopic (exact) mass is 343 g/mol. The molecule has 6 heteroatoms. The average Bonchev–Trinajstić information content (AvgIpc) is 3.04. The molecule has 5 nitrogen and oxygen atoms in total. The first kappa shape index (κ1) is 16.5. The Morgan fingerprint density at radius 2 is 2.21 bits per heavy atom. The maximum Gasteiger partial charge on any atom is 0.264 e. The van der Waals surface area contributed by atoms with Gasteiger partial charge in [-0.15, -0.1) is 0 Å². The molecule has 0 unspecified atom stereocenters. The second-order valence-electron chi connectivity index (χ2n) is 5.62. The van der Waals surface area contributed by atoms with Gasteiger partial charge in [-0.1, -0.05) is 35.0 Å². The van der Waals surface area contributed by atoms with Gasteiger partial charge in [0.25, 0.3) is 5.91 Å². The van der Waals surface area contributed by atoms with Crippen molar-refractivity contribution in [2.75, 3.05) is 6.54 Å². The van der Waals surface area contributed by atoms with Crippen LogP contribution in [-0.4, -0.2) is 29.3 Å². The molecule has 1 aromatic carbocycles. The number of nitrogens with one attached hydrogen (secondary N) is 1. The zero-order chi connectivity index (χ0) is 16.8. The molecule has 1 N–H and O–H groups in total. The molecule has 0 spiro atoms. The summed E-state index contributed by atoms with van der Waals surface area (Å²) in [6.45, 7) is 0.527. The summed E-state index contributed by atoms with van der Waals surface area (Å²) in [6, 6.07) is 13.3. The molecule has 0 aliphatic carbocycles. The SMILES string of the molecule is O=C(NCCc1ccccn1)[C@H]1CC(Cc2cccc(Cl)c2)=NO1. The van der Waals surface area contributed by atoms with Gasteiger partial charge >= 0.3 is 0 Å². The minimum Gasteiger partial charge on any atom is -0.382 e. The summed E-state index contributed by atoms with van der Waals surface area (Å²) in [7, 11) is 0. The van der Waals surface area contributed by atoms with Crippen LogP contribution in [0.4, 0.5) is 0 Å². The average molecular weight is 344 g/mol. The maximum atomic E-state index is 12.1. The highest BCUT2D eigenvalue weighted by Crippen LogP contribution is 2.17. The highest BCUT2D eigenvalue weighted by Gasteiger charge is 2.27. The first-order chi connectivity index (χ1) is 11.7. The van der Waals surface area contributed by atoms with Crippen molar-refractivity contribution in [1.82, 2.24) is 10.3 Å². The quantitative estimate of drug-likeness (QED) is 0.877. The lowest BCUT2D eigenvalue weighted by Gasteiger charge is -2.09. The van der Waals surface area contributed by atoms with Gasteiger partial charge in [0, 0.05) is 42.7 Å². The van der Waals surface area contributed by atoms with Crippen LogP contribution in [0.5, 0.6) is 0 Å². The lowest BCUT2D eigenvalue weighted by atomic mass is 10.0. The molecule has 0 bridgehead atoms. The number of benzene rings is 1. The Morgan fingerprint density at radius 1 is 1.29 bits per heavy atom. The number of amides is 1. The number of halogens is 1. The van der Waals surface area contributed by atoms with Crippen molar-refractivity contribution >= 4 is 23.2 Å². The van der Waals surface area contributed by atoms with Crippen LogP contribution in [0.25, 0.3) is 0 Å². The van der Waals surface area contributed by atoms with Crippen LogP contribution < -0.4 is 5.32 Å². The van der Waals surface area contributed by atoms with Crippen molar-refractivity contribution in [3.05, 3.63) is 64.9 Å². The first-order valence-electron chi connectivity index (χ1n) is 7.84. The molecule has 1 aliphatic rings. The van der Waals surface area contributed by atoms with Gasteiger partial charge in [0.2, 0.25) is 6.10 Å². The van der Waals surface area contributed by atoms with Gasteiger partial charge < -0.3 is 10.2 Å². The van der Waals surface area contributed by atoms with E-state index in [1.165, 1.54) is 0 Å². The zero-order valence-electron chi connectivity index (χ0n) is 13.1. The molecule has 1 amide bonds. The summed E-state index contributed by atoms with van der Waals surface area (Å²) in [4.78, 5) is 21.6. The largest absolute Gasteiger partial charge is 0.382 e. The fourth-order valence-corrected chi connectivity index (χ4v) is 2.74. The Labute approximate surface area is 145 Å². The third kappa shape index (κ3) is 4.55. The van der Waals surface area contributed by atoms with Gasteiger partial charge in [0.15, 0.2) is 0 Å². The number of hydrogen-bond donors (Lipinski definition) is 1. The molecule has 0 saturated carbocycles. The summed E-state index contributed by atoms with van der Waals surface area (Å²) >= 11 is 5.98. The smallest absolute Gasteiger partial charge is 0.264 e. The summed E-state index contributed by atoms with van der Waals surface area (Å²) in [5.41, 5.74) is 2.85. The molecule has 124 valence electrons.